The molecule has 0 radical (unpaired) electrons. The van der Waals surface area contributed by atoms with Gasteiger partial charge in [-0.3, -0.25) is 9.48 Å². The lowest BCUT2D eigenvalue weighted by Gasteiger charge is -2.12. The summed E-state index contributed by atoms with van der Waals surface area (Å²) in [6.07, 6.45) is 1.38. The van der Waals surface area contributed by atoms with Gasteiger partial charge in [0, 0.05) is 46.7 Å². The molecule has 0 fully saturated rings. The van der Waals surface area contributed by atoms with Crippen molar-refractivity contribution >= 4 is 55.8 Å². The fourth-order valence-electron chi connectivity index (χ4n) is 4.62. The van der Waals surface area contributed by atoms with E-state index in [4.69, 9.17) is 5.10 Å². The van der Waals surface area contributed by atoms with Crippen LogP contribution in [0.1, 0.15) is 5.56 Å². The zero-order valence-corrected chi connectivity index (χ0v) is 21.4. The van der Waals surface area contributed by atoms with E-state index in [1.165, 1.54) is 24.2 Å². The largest absolute Gasteiger partial charge is 0.409 e. The van der Waals surface area contributed by atoms with Crippen molar-refractivity contribution in [3.63, 3.8) is 0 Å². The SMILES string of the molecule is O=C(C=CC(F)(F)F)Nc1cc2c(Nc3cc4nn(CCc5ccccc5)cc4c4ccccc34)ncnc2cn1. The normalized spacial score (nSPS) is 12.0. The highest BCUT2D eigenvalue weighted by Gasteiger charge is 2.22. The summed E-state index contributed by atoms with van der Waals surface area (Å²) in [6.45, 7) is 0.728. The summed E-state index contributed by atoms with van der Waals surface area (Å²) in [5.41, 5.74) is 3.29. The van der Waals surface area contributed by atoms with Crippen LogP contribution in [0.5, 0.6) is 0 Å². The lowest BCUT2D eigenvalue weighted by molar-refractivity contribution is -0.112. The monoisotopic (exact) mass is 553 g/mol. The third kappa shape index (κ3) is 5.83. The molecule has 0 saturated heterocycles. The van der Waals surface area contributed by atoms with Crippen LogP contribution in [0.25, 0.3) is 32.6 Å². The van der Waals surface area contributed by atoms with Gasteiger partial charge in [0.1, 0.15) is 18.0 Å². The second kappa shape index (κ2) is 10.7. The molecule has 0 bridgehead atoms. The molecule has 0 aliphatic rings. The third-order valence-corrected chi connectivity index (χ3v) is 6.50. The van der Waals surface area contributed by atoms with Crippen molar-refractivity contribution in [2.24, 2.45) is 0 Å². The summed E-state index contributed by atoms with van der Waals surface area (Å²) < 4.78 is 39.2. The first-order valence-corrected chi connectivity index (χ1v) is 12.7. The molecule has 8 nitrogen and oxygen atoms in total. The number of alkyl halides is 3. The number of anilines is 3. The summed E-state index contributed by atoms with van der Waals surface area (Å²) in [6, 6.07) is 21.7. The molecule has 11 heteroatoms. The lowest BCUT2D eigenvalue weighted by Crippen LogP contribution is -2.11. The van der Waals surface area contributed by atoms with Crippen LogP contribution in [0.2, 0.25) is 0 Å². The molecule has 0 saturated carbocycles. The minimum Gasteiger partial charge on any atom is -0.339 e. The fraction of sp³-hybridized carbons (Fsp3) is 0.100. The maximum atomic E-state index is 12.4. The van der Waals surface area contributed by atoms with E-state index in [-0.39, 0.29) is 11.9 Å². The van der Waals surface area contributed by atoms with Crippen molar-refractivity contribution in [2.75, 3.05) is 10.6 Å². The van der Waals surface area contributed by atoms with Gasteiger partial charge in [0.2, 0.25) is 5.91 Å². The smallest absolute Gasteiger partial charge is 0.339 e. The lowest BCUT2D eigenvalue weighted by atomic mass is 10.0. The van der Waals surface area contributed by atoms with Gasteiger partial charge in [0.15, 0.2) is 0 Å². The number of aromatic nitrogens is 5. The highest BCUT2D eigenvalue weighted by molar-refractivity contribution is 6.13. The number of pyridine rings is 1. The Hall–Kier alpha value is -5.32. The predicted molar refractivity (Wildman–Crippen MR) is 152 cm³/mol. The molecule has 3 aromatic heterocycles. The Morgan fingerprint density at radius 3 is 2.46 bits per heavy atom. The summed E-state index contributed by atoms with van der Waals surface area (Å²) >= 11 is 0. The molecule has 204 valence electrons. The molecule has 6 rings (SSSR count). The first-order valence-electron chi connectivity index (χ1n) is 12.7. The van der Waals surface area contributed by atoms with E-state index < -0.39 is 12.1 Å². The standard InChI is InChI=1S/C30H22F3N7O/c31-30(32,33)12-10-28(41)38-27-14-22-26(16-34-27)35-18-36-29(22)37-24-15-25-23(20-8-4-5-9-21(20)24)17-40(39-25)13-11-19-6-2-1-3-7-19/h1-10,12,14-18H,11,13H2,(H,34,38,41)(H,35,36,37). The molecule has 0 spiro atoms. The number of halogens is 3. The Kier molecular flexibility index (Phi) is 6.76. The van der Waals surface area contributed by atoms with E-state index in [1.807, 2.05) is 53.2 Å². The summed E-state index contributed by atoms with van der Waals surface area (Å²) in [7, 11) is 0. The number of carbonyl (C=O) groups is 1. The van der Waals surface area contributed by atoms with Gasteiger partial charge in [-0.25, -0.2) is 15.0 Å². The Bertz CT molecular complexity index is 1920. The quantitative estimate of drug-likeness (QED) is 0.217. The van der Waals surface area contributed by atoms with Crippen LogP contribution in [0.3, 0.4) is 0 Å². The van der Waals surface area contributed by atoms with E-state index in [0.29, 0.717) is 22.8 Å². The van der Waals surface area contributed by atoms with Crippen LogP contribution in [-0.4, -0.2) is 36.8 Å². The Morgan fingerprint density at radius 2 is 1.66 bits per heavy atom. The van der Waals surface area contributed by atoms with Crippen molar-refractivity contribution in [2.45, 2.75) is 19.1 Å². The van der Waals surface area contributed by atoms with Crippen molar-refractivity contribution < 1.29 is 18.0 Å². The van der Waals surface area contributed by atoms with Gasteiger partial charge in [-0.2, -0.15) is 18.3 Å². The van der Waals surface area contributed by atoms with Gasteiger partial charge in [-0.1, -0.05) is 54.6 Å². The van der Waals surface area contributed by atoms with Gasteiger partial charge < -0.3 is 10.6 Å². The number of allylic oxidation sites excluding steroid dienone is 1. The summed E-state index contributed by atoms with van der Waals surface area (Å²) in [4.78, 5) is 24.7. The number of hydrogen-bond acceptors (Lipinski definition) is 6. The number of fused-ring (bicyclic) bond motifs is 4. The van der Waals surface area contributed by atoms with E-state index in [1.54, 1.807) is 0 Å². The molecule has 3 heterocycles. The van der Waals surface area contributed by atoms with Crippen LogP contribution in [-0.2, 0) is 17.8 Å². The first kappa shape index (κ1) is 25.9. The van der Waals surface area contributed by atoms with Crippen LogP contribution in [0, 0.1) is 0 Å². The molecule has 0 unspecified atom stereocenters. The number of rotatable bonds is 7. The number of benzene rings is 3. The number of amides is 1. The Balaban J connectivity index is 1.33. The van der Waals surface area contributed by atoms with Crippen molar-refractivity contribution in [3.8, 4) is 0 Å². The van der Waals surface area contributed by atoms with Crippen LogP contribution in [0.15, 0.2) is 97.6 Å². The molecule has 0 aliphatic carbocycles. The molecule has 6 aromatic rings. The molecule has 3 aromatic carbocycles. The van der Waals surface area contributed by atoms with E-state index in [0.717, 1.165) is 40.3 Å². The predicted octanol–water partition coefficient (Wildman–Crippen LogP) is 6.57. The Morgan fingerprint density at radius 1 is 0.878 bits per heavy atom. The molecule has 41 heavy (non-hydrogen) atoms. The minimum atomic E-state index is -4.60. The number of hydrogen-bond donors (Lipinski definition) is 2. The molecule has 1 amide bonds. The van der Waals surface area contributed by atoms with Gasteiger partial charge in [0.05, 0.1) is 17.2 Å². The summed E-state index contributed by atoms with van der Waals surface area (Å²) in [5.74, 6) is -0.462. The molecule has 2 N–H and O–H groups in total. The van der Waals surface area contributed by atoms with Gasteiger partial charge in [0.25, 0.3) is 0 Å². The van der Waals surface area contributed by atoms with Gasteiger partial charge >= 0.3 is 6.18 Å². The van der Waals surface area contributed by atoms with E-state index >= 15 is 0 Å². The zero-order chi connectivity index (χ0) is 28.4. The summed E-state index contributed by atoms with van der Waals surface area (Å²) in [5, 5.41) is 14.1. The maximum Gasteiger partial charge on any atom is 0.409 e. The minimum absolute atomic E-state index is 0.0599. The maximum absolute atomic E-state index is 12.4. The van der Waals surface area contributed by atoms with Crippen molar-refractivity contribution in [1.29, 1.82) is 0 Å². The van der Waals surface area contributed by atoms with Crippen LogP contribution < -0.4 is 10.6 Å². The number of nitrogens with zero attached hydrogens (tertiary/aromatic N) is 5. The van der Waals surface area contributed by atoms with Crippen LogP contribution in [0.4, 0.5) is 30.5 Å². The first-order chi connectivity index (χ1) is 19.8. The second-order valence-electron chi connectivity index (χ2n) is 9.33. The number of nitrogens with one attached hydrogen (secondary N) is 2. The molecular formula is C30H22F3N7O. The molecule has 0 atom stereocenters. The fourth-order valence-corrected chi connectivity index (χ4v) is 4.62. The third-order valence-electron chi connectivity index (χ3n) is 6.50. The average molecular weight is 554 g/mol. The topological polar surface area (TPSA) is 97.6 Å². The number of carbonyl (C=O) groups excluding carboxylic acids is 1. The highest BCUT2D eigenvalue weighted by atomic mass is 19.4. The average Bonchev–Trinajstić information content (AvgIpc) is 3.39. The van der Waals surface area contributed by atoms with E-state index in [9.17, 15) is 18.0 Å². The number of aryl methyl sites for hydroxylation is 2. The van der Waals surface area contributed by atoms with E-state index in [2.05, 4.69) is 43.9 Å². The highest BCUT2D eigenvalue weighted by Crippen LogP contribution is 2.34. The molecular weight excluding hydrogens is 531 g/mol. The van der Waals surface area contributed by atoms with Gasteiger partial charge in [-0.05, 0) is 29.5 Å². The zero-order valence-electron chi connectivity index (χ0n) is 21.4. The molecule has 0 aliphatic heterocycles. The second-order valence-corrected chi connectivity index (χ2v) is 9.33. The Labute approximate surface area is 231 Å². The van der Waals surface area contributed by atoms with Crippen molar-refractivity contribution in [3.05, 3.63) is 103 Å². The van der Waals surface area contributed by atoms with Crippen molar-refractivity contribution in [1.82, 2.24) is 24.7 Å². The van der Waals surface area contributed by atoms with Gasteiger partial charge in [-0.15, -0.1) is 0 Å². The van der Waals surface area contributed by atoms with Crippen LogP contribution >= 0.6 is 0 Å².